The number of aryl methyl sites for hydroxylation is 1. The van der Waals surface area contributed by atoms with Crippen molar-refractivity contribution >= 4 is 27.5 Å². The number of anilines is 1. The van der Waals surface area contributed by atoms with Crippen LogP contribution in [0.4, 0.5) is 5.69 Å². The standard InChI is InChI=1S/C13H17BrN2O/c1-10-4-5-11(8-12(10)14)15-9-13(17)16-6-2-3-7-16/h4-5,8,15H,2-3,6-7,9H2,1H3. The number of likely N-dealkylation sites (tertiary alicyclic amines) is 1. The highest BCUT2D eigenvalue weighted by Crippen LogP contribution is 2.20. The minimum absolute atomic E-state index is 0.194. The van der Waals surface area contributed by atoms with E-state index in [0.29, 0.717) is 6.54 Å². The van der Waals surface area contributed by atoms with Crippen LogP contribution in [-0.2, 0) is 4.79 Å². The van der Waals surface area contributed by atoms with E-state index in [4.69, 9.17) is 0 Å². The lowest BCUT2D eigenvalue weighted by molar-refractivity contribution is -0.128. The van der Waals surface area contributed by atoms with Crippen LogP contribution in [0, 0.1) is 6.92 Å². The minimum Gasteiger partial charge on any atom is -0.376 e. The van der Waals surface area contributed by atoms with E-state index in [-0.39, 0.29) is 5.91 Å². The third-order valence-corrected chi connectivity index (χ3v) is 3.93. The van der Waals surface area contributed by atoms with Crippen molar-refractivity contribution in [2.24, 2.45) is 0 Å². The zero-order valence-corrected chi connectivity index (χ0v) is 11.6. The van der Waals surface area contributed by atoms with Crippen LogP contribution in [0.3, 0.4) is 0 Å². The number of halogens is 1. The van der Waals surface area contributed by atoms with Gasteiger partial charge in [-0.3, -0.25) is 4.79 Å². The predicted octanol–water partition coefficient (Wildman–Crippen LogP) is 2.79. The highest BCUT2D eigenvalue weighted by molar-refractivity contribution is 9.10. The SMILES string of the molecule is Cc1ccc(NCC(=O)N2CCCC2)cc1Br. The zero-order valence-electron chi connectivity index (χ0n) is 10.0. The minimum atomic E-state index is 0.194. The first-order valence-corrected chi connectivity index (χ1v) is 6.74. The van der Waals surface area contributed by atoms with Gasteiger partial charge in [0.15, 0.2) is 0 Å². The third-order valence-electron chi connectivity index (χ3n) is 3.07. The highest BCUT2D eigenvalue weighted by atomic mass is 79.9. The molecule has 0 atom stereocenters. The van der Waals surface area contributed by atoms with Gasteiger partial charge in [-0.05, 0) is 37.5 Å². The van der Waals surface area contributed by atoms with Crippen molar-refractivity contribution in [1.29, 1.82) is 0 Å². The van der Waals surface area contributed by atoms with Gasteiger partial charge in [-0.25, -0.2) is 0 Å². The molecule has 0 aromatic heterocycles. The number of carbonyl (C=O) groups excluding carboxylic acids is 1. The van der Waals surface area contributed by atoms with Crippen LogP contribution in [0.25, 0.3) is 0 Å². The number of carbonyl (C=O) groups is 1. The summed E-state index contributed by atoms with van der Waals surface area (Å²) in [5.41, 5.74) is 2.18. The summed E-state index contributed by atoms with van der Waals surface area (Å²) in [5.74, 6) is 0.194. The van der Waals surface area contributed by atoms with E-state index in [1.807, 2.05) is 30.0 Å². The van der Waals surface area contributed by atoms with Crippen molar-refractivity contribution < 1.29 is 4.79 Å². The Kier molecular flexibility index (Phi) is 4.05. The maximum Gasteiger partial charge on any atom is 0.241 e. The van der Waals surface area contributed by atoms with Gasteiger partial charge >= 0.3 is 0 Å². The zero-order chi connectivity index (χ0) is 12.3. The summed E-state index contributed by atoms with van der Waals surface area (Å²) < 4.78 is 1.07. The molecule has 92 valence electrons. The first kappa shape index (κ1) is 12.4. The van der Waals surface area contributed by atoms with Crippen LogP contribution in [0.15, 0.2) is 22.7 Å². The molecule has 4 heteroatoms. The molecule has 1 aromatic rings. The third kappa shape index (κ3) is 3.22. The highest BCUT2D eigenvalue weighted by Gasteiger charge is 2.17. The molecule has 1 fully saturated rings. The molecule has 17 heavy (non-hydrogen) atoms. The van der Waals surface area contributed by atoms with E-state index < -0.39 is 0 Å². The number of rotatable bonds is 3. The number of amides is 1. The van der Waals surface area contributed by atoms with Gasteiger partial charge in [-0.2, -0.15) is 0 Å². The van der Waals surface area contributed by atoms with Gasteiger partial charge in [0.2, 0.25) is 5.91 Å². The van der Waals surface area contributed by atoms with Crippen LogP contribution in [0.1, 0.15) is 18.4 Å². The lowest BCUT2D eigenvalue weighted by Gasteiger charge is -2.16. The fourth-order valence-corrected chi connectivity index (χ4v) is 2.34. The molecule has 1 aliphatic heterocycles. The molecule has 0 bridgehead atoms. The first-order valence-electron chi connectivity index (χ1n) is 5.94. The maximum absolute atomic E-state index is 11.8. The number of nitrogens with one attached hydrogen (secondary N) is 1. The van der Waals surface area contributed by atoms with Crippen molar-refractivity contribution in [2.75, 3.05) is 25.0 Å². The molecule has 1 aromatic carbocycles. The Hall–Kier alpha value is -1.03. The summed E-state index contributed by atoms with van der Waals surface area (Å²) in [4.78, 5) is 13.7. The molecule has 0 aliphatic carbocycles. The van der Waals surface area contributed by atoms with E-state index in [1.54, 1.807) is 0 Å². The fraction of sp³-hybridized carbons (Fsp3) is 0.462. The first-order chi connectivity index (χ1) is 8.16. The Balaban J connectivity index is 1.88. The molecule has 2 rings (SSSR count). The predicted molar refractivity (Wildman–Crippen MR) is 73.2 cm³/mol. The van der Waals surface area contributed by atoms with E-state index in [0.717, 1.165) is 36.1 Å². The summed E-state index contributed by atoms with van der Waals surface area (Å²) in [5, 5.41) is 3.17. The Morgan fingerprint density at radius 1 is 1.41 bits per heavy atom. The molecule has 1 N–H and O–H groups in total. The topological polar surface area (TPSA) is 32.3 Å². The molecular weight excluding hydrogens is 280 g/mol. The normalized spacial score (nSPS) is 15.1. The Morgan fingerprint density at radius 3 is 2.76 bits per heavy atom. The van der Waals surface area contributed by atoms with Crippen molar-refractivity contribution in [3.8, 4) is 0 Å². The number of hydrogen-bond donors (Lipinski definition) is 1. The monoisotopic (exact) mass is 296 g/mol. The van der Waals surface area contributed by atoms with E-state index in [1.165, 1.54) is 5.56 Å². The molecule has 0 spiro atoms. The molecule has 1 saturated heterocycles. The van der Waals surface area contributed by atoms with E-state index in [2.05, 4.69) is 21.2 Å². The number of hydrogen-bond acceptors (Lipinski definition) is 2. The molecule has 0 saturated carbocycles. The van der Waals surface area contributed by atoms with Crippen LogP contribution in [0.2, 0.25) is 0 Å². The molecule has 3 nitrogen and oxygen atoms in total. The van der Waals surface area contributed by atoms with Gasteiger partial charge in [-0.15, -0.1) is 0 Å². The largest absolute Gasteiger partial charge is 0.376 e. The lowest BCUT2D eigenvalue weighted by Crippen LogP contribution is -2.32. The van der Waals surface area contributed by atoms with Crippen molar-refractivity contribution in [2.45, 2.75) is 19.8 Å². The van der Waals surface area contributed by atoms with Gasteiger partial charge in [0.25, 0.3) is 0 Å². The molecule has 1 aliphatic rings. The average Bonchev–Trinajstić information content (AvgIpc) is 2.84. The Morgan fingerprint density at radius 2 is 2.12 bits per heavy atom. The molecule has 0 radical (unpaired) electrons. The molecule has 1 heterocycles. The number of benzene rings is 1. The fourth-order valence-electron chi connectivity index (χ4n) is 1.96. The van der Waals surface area contributed by atoms with Gasteiger partial charge < -0.3 is 10.2 Å². The smallest absolute Gasteiger partial charge is 0.241 e. The Bertz CT molecular complexity index is 414. The Labute approximate surface area is 110 Å². The summed E-state index contributed by atoms with van der Waals surface area (Å²) in [6.45, 7) is 4.26. The van der Waals surface area contributed by atoms with Crippen LogP contribution < -0.4 is 5.32 Å². The lowest BCUT2D eigenvalue weighted by atomic mass is 10.2. The molecule has 1 amide bonds. The van der Waals surface area contributed by atoms with Gasteiger partial charge in [0.1, 0.15) is 0 Å². The van der Waals surface area contributed by atoms with Crippen LogP contribution in [-0.4, -0.2) is 30.4 Å². The van der Waals surface area contributed by atoms with Crippen molar-refractivity contribution in [3.63, 3.8) is 0 Å². The quantitative estimate of drug-likeness (QED) is 0.930. The summed E-state index contributed by atoms with van der Waals surface area (Å²) in [6.07, 6.45) is 2.28. The molecular formula is C13H17BrN2O. The van der Waals surface area contributed by atoms with E-state index >= 15 is 0 Å². The van der Waals surface area contributed by atoms with Crippen molar-refractivity contribution in [3.05, 3.63) is 28.2 Å². The average molecular weight is 297 g/mol. The second-order valence-electron chi connectivity index (χ2n) is 4.41. The van der Waals surface area contributed by atoms with Gasteiger partial charge in [-0.1, -0.05) is 22.0 Å². The second kappa shape index (κ2) is 5.54. The van der Waals surface area contributed by atoms with Gasteiger partial charge in [0.05, 0.1) is 6.54 Å². The maximum atomic E-state index is 11.8. The van der Waals surface area contributed by atoms with Gasteiger partial charge in [0, 0.05) is 23.2 Å². The number of nitrogens with zero attached hydrogens (tertiary/aromatic N) is 1. The van der Waals surface area contributed by atoms with E-state index in [9.17, 15) is 4.79 Å². The van der Waals surface area contributed by atoms with Crippen molar-refractivity contribution in [1.82, 2.24) is 4.90 Å². The second-order valence-corrected chi connectivity index (χ2v) is 5.26. The summed E-state index contributed by atoms with van der Waals surface area (Å²) >= 11 is 3.48. The van der Waals surface area contributed by atoms with Crippen LogP contribution >= 0.6 is 15.9 Å². The van der Waals surface area contributed by atoms with Crippen LogP contribution in [0.5, 0.6) is 0 Å². The summed E-state index contributed by atoms with van der Waals surface area (Å²) in [6, 6.07) is 6.04. The molecule has 0 unspecified atom stereocenters. The summed E-state index contributed by atoms with van der Waals surface area (Å²) in [7, 11) is 0.